The summed E-state index contributed by atoms with van der Waals surface area (Å²) in [5, 5.41) is 13.9. The quantitative estimate of drug-likeness (QED) is 0.430. The standard InChI is InChI=1S/C27H29ClN4OS/c28-22-6-8-23(9-7-22)32-24(13-18-4-2-1-3-5-18)30-31-26(32)34-17-25(33)29-27-14-19-10-20(15-27)12-21(11-19)16-27/h1-9,19-21H,10-17H2,(H,29,33). The Morgan fingerprint density at radius 3 is 2.26 bits per heavy atom. The van der Waals surface area contributed by atoms with E-state index in [1.807, 2.05) is 47.0 Å². The van der Waals surface area contributed by atoms with Crippen molar-refractivity contribution < 1.29 is 4.79 Å². The molecule has 0 spiro atoms. The molecule has 4 aliphatic rings. The molecule has 4 fully saturated rings. The zero-order valence-electron chi connectivity index (χ0n) is 19.1. The number of rotatable bonds is 7. The van der Waals surface area contributed by atoms with Crippen LogP contribution in [0.2, 0.25) is 5.02 Å². The van der Waals surface area contributed by atoms with Gasteiger partial charge in [-0.15, -0.1) is 10.2 Å². The Morgan fingerprint density at radius 2 is 1.62 bits per heavy atom. The third-order valence-corrected chi connectivity index (χ3v) is 8.95. The van der Waals surface area contributed by atoms with Crippen LogP contribution >= 0.6 is 23.4 Å². The van der Waals surface area contributed by atoms with Gasteiger partial charge in [-0.25, -0.2) is 0 Å². The van der Waals surface area contributed by atoms with Crippen LogP contribution in [0.1, 0.15) is 49.9 Å². The minimum absolute atomic E-state index is 0.0364. The third-order valence-electron chi connectivity index (χ3n) is 7.77. The minimum Gasteiger partial charge on any atom is -0.350 e. The number of carbonyl (C=O) groups excluding carboxylic acids is 1. The Morgan fingerprint density at radius 1 is 0.971 bits per heavy atom. The van der Waals surface area contributed by atoms with Crippen molar-refractivity contribution >= 4 is 29.3 Å². The van der Waals surface area contributed by atoms with Crippen molar-refractivity contribution in [1.29, 1.82) is 0 Å². The average molecular weight is 493 g/mol. The van der Waals surface area contributed by atoms with Gasteiger partial charge in [0, 0.05) is 22.7 Å². The van der Waals surface area contributed by atoms with Crippen LogP contribution in [0, 0.1) is 17.8 Å². The summed E-state index contributed by atoms with van der Waals surface area (Å²) in [5.41, 5.74) is 2.15. The first-order chi connectivity index (χ1) is 16.6. The summed E-state index contributed by atoms with van der Waals surface area (Å²) in [4.78, 5) is 13.1. The monoisotopic (exact) mass is 492 g/mol. The second-order valence-electron chi connectivity index (χ2n) is 10.4. The van der Waals surface area contributed by atoms with Crippen LogP contribution < -0.4 is 5.32 Å². The van der Waals surface area contributed by atoms with E-state index in [1.54, 1.807) is 0 Å². The van der Waals surface area contributed by atoms with Gasteiger partial charge >= 0.3 is 0 Å². The number of thioether (sulfide) groups is 1. The van der Waals surface area contributed by atoms with Gasteiger partial charge in [-0.05, 0) is 86.1 Å². The van der Waals surface area contributed by atoms with Crippen LogP contribution in [-0.4, -0.2) is 32.0 Å². The van der Waals surface area contributed by atoms with Gasteiger partial charge in [0.05, 0.1) is 5.75 Å². The summed E-state index contributed by atoms with van der Waals surface area (Å²) < 4.78 is 2.05. The van der Waals surface area contributed by atoms with Gasteiger partial charge in [0.1, 0.15) is 5.82 Å². The Kier molecular flexibility index (Phi) is 5.90. The summed E-state index contributed by atoms with van der Waals surface area (Å²) in [6, 6.07) is 17.9. The highest BCUT2D eigenvalue weighted by atomic mass is 35.5. The maximum Gasteiger partial charge on any atom is 0.230 e. The molecule has 0 unspecified atom stereocenters. The fourth-order valence-corrected chi connectivity index (χ4v) is 7.76. The average Bonchev–Trinajstić information content (AvgIpc) is 3.20. The molecule has 1 amide bonds. The highest BCUT2D eigenvalue weighted by Crippen LogP contribution is 2.55. The van der Waals surface area contributed by atoms with Gasteiger partial charge in [0.2, 0.25) is 5.91 Å². The maximum atomic E-state index is 13.1. The van der Waals surface area contributed by atoms with E-state index < -0.39 is 0 Å². The Balaban J connectivity index is 1.19. The van der Waals surface area contributed by atoms with Crippen molar-refractivity contribution in [2.75, 3.05) is 5.75 Å². The molecule has 0 saturated heterocycles. The summed E-state index contributed by atoms with van der Waals surface area (Å²) in [5.74, 6) is 3.74. The van der Waals surface area contributed by atoms with Crippen LogP contribution in [0.3, 0.4) is 0 Å². The van der Waals surface area contributed by atoms with Crippen molar-refractivity contribution in [3.63, 3.8) is 0 Å². The lowest BCUT2D eigenvalue weighted by Gasteiger charge is -2.56. The Bertz CT molecular complexity index is 1140. The summed E-state index contributed by atoms with van der Waals surface area (Å²) in [6.07, 6.45) is 8.28. The SMILES string of the molecule is O=C(CSc1nnc(Cc2ccccc2)n1-c1ccc(Cl)cc1)NC12CC3CC(CC(C3)C1)C2. The fourth-order valence-electron chi connectivity index (χ4n) is 6.86. The molecule has 4 bridgehead atoms. The fraction of sp³-hybridized carbons (Fsp3) is 0.444. The molecular formula is C27H29ClN4OS. The minimum atomic E-state index is 0.0364. The molecule has 7 rings (SSSR count). The van der Waals surface area contributed by atoms with Crippen molar-refractivity contribution in [3.05, 3.63) is 71.0 Å². The third kappa shape index (κ3) is 4.50. The molecule has 2 aromatic carbocycles. The summed E-state index contributed by atoms with van der Waals surface area (Å²) >= 11 is 7.59. The number of nitrogens with one attached hydrogen (secondary N) is 1. The molecule has 7 heteroatoms. The van der Waals surface area contributed by atoms with Crippen LogP contribution in [-0.2, 0) is 11.2 Å². The zero-order chi connectivity index (χ0) is 23.1. The predicted molar refractivity (Wildman–Crippen MR) is 135 cm³/mol. The first kappa shape index (κ1) is 22.2. The lowest BCUT2D eigenvalue weighted by Crippen LogP contribution is -2.60. The number of nitrogens with zero attached hydrogens (tertiary/aromatic N) is 3. The molecule has 1 heterocycles. The number of carbonyl (C=O) groups is 1. The molecule has 34 heavy (non-hydrogen) atoms. The summed E-state index contributed by atoms with van der Waals surface area (Å²) in [7, 11) is 0. The van der Waals surface area contributed by atoms with Crippen molar-refractivity contribution in [1.82, 2.24) is 20.1 Å². The molecular weight excluding hydrogens is 464 g/mol. The lowest BCUT2D eigenvalue weighted by atomic mass is 9.53. The number of halogens is 1. The molecule has 1 aromatic heterocycles. The molecule has 0 aliphatic heterocycles. The normalized spacial score (nSPS) is 27.1. The molecule has 0 atom stereocenters. The summed E-state index contributed by atoms with van der Waals surface area (Å²) in [6.45, 7) is 0. The number of amides is 1. The van der Waals surface area contributed by atoms with E-state index in [1.165, 1.54) is 55.9 Å². The first-order valence-electron chi connectivity index (χ1n) is 12.2. The molecule has 4 aliphatic carbocycles. The predicted octanol–water partition coefficient (Wildman–Crippen LogP) is 5.69. The van der Waals surface area contributed by atoms with Crippen molar-refractivity contribution in [3.8, 4) is 5.69 Å². The van der Waals surface area contributed by atoms with E-state index in [9.17, 15) is 4.79 Å². The first-order valence-corrected chi connectivity index (χ1v) is 13.6. The smallest absolute Gasteiger partial charge is 0.230 e. The zero-order valence-corrected chi connectivity index (χ0v) is 20.7. The molecule has 0 radical (unpaired) electrons. The Hall–Kier alpha value is -2.31. The van der Waals surface area contributed by atoms with Crippen molar-refractivity contribution in [2.24, 2.45) is 17.8 Å². The van der Waals surface area contributed by atoms with E-state index in [-0.39, 0.29) is 11.4 Å². The van der Waals surface area contributed by atoms with Crippen LogP contribution in [0.4, 0.5) is 0 Å². The van der Waals surface area contributed by atoms with Crippen LogP contribution in [0.5, 0.6) is 0 Å². The van der Waals surface area contributed by atoms with Gasteiger partial charge in [0.15, 0.2) is 5.16 Å². The van der Waals surface area contributed by atoms with E-state index in [2.05, 4.69) is 27.6 Å². The molecule has 176 valence electrons. The maximum absolute atomic E-state index is 13.1. The lowest BCUT2D eigenvalue weighted by molar-refractivity contribution is -0.124. The van der Waals surface area contributed by atoms with Gasteiger partial charge in [0.25, 0.3) is 0 Å². The highest BCUT2D eigenvalue weighted by molar-refractivity contribution is 7.99. The van der Waals surface area contributed by atoms with Gasteiger partial charge < -0.3 is 5.32 Å². The molecule has 3 aromatic rings. The molecule has 5 nitrogen and oxygen atoms in total. The van der Waals surface area contributed by atoms with Gasteiger partial charge in [-0.3, -0.25) is 9.36 Å². The number of benzene rings is 2. The van der Waals surface area contributed by atoms with Gasteiger partial charge in [-0.2, -0.15) is 0 Å². The van der Waals surface area contributed by atoms with E-state index >= 15 is 0 Å². The highest BCUT2D eigenvalue weighted by Gasteiger charge is 2.51. The second kappa shape index (κ2) is 9.04. The number of hydrogen-bond donors (Lipinski definition) is 1. The Labute approximate surface area is 209 Å². The van der Waals surface area contributed by atoms with Crippen LogP contribution in [0.25, 0.3) is 5.69 Å². The second-order valence-corrected chi connectivity index (χ2v) is 11.8. The number of hydrogen-bond acceptors (Lipinski definition) is 4. The molecule has 4 saturated carbocycles. The largest absolute Gasteiger partial charge is 0.350 e. The van der Waals surface area contributed by atoms with E-state index in [0.29, 0.717) is 17.2 Å². The van der Waals surface area contributed by atoms with E-state index in [0.717, 1.165) is 34.4 Å². The topological polar surface area (TPSA) is 59.8 Å². The van der Waals surface area contributed by atoms with Crippen LogP contribution in [0.15, 0.2) is 59.8 Å². The molecule has 1 N–H and O–H groups in total. The van der Waals surface area contributed by atoms with Crippen molar-refractivity contribution in [2.45, 2.75) is 55.6 Å². The van der Waals surface area contributed by atoms with E-state index in [4.69, 9.17) is 11.6 Å². The number of aromatic nitrogens is 3. The van der Waals surface area contributed by atoms with Gasteiger partial charge in [-0.1, -0.05) is 53.7 Å².